The van der Waals surface area contributed by atoms with Crippen LogP contribution in [0.15, 0.2) is 65.6 Å². The van der Waals surface area contributed by atoms with Gasteiger partial charge in [-0.3, -0.25) is 14.8 Å². The number of carbonyl (C=O) groups excluding carboxylic acids is 1. The van der Waals surface area contributed by atoms with Crippen LogP contribution in [0.1, 0.15) is 18.0 Å². The van der Waals surface area contributed by atoms with Crippen LogP contribution in [-0.2, 0) is 4.79 Å². The maximum absolute atomic E-state index is 12.6. The molecule has 1 N–H and O–H groups in total. The van der Waals surface area contributed by atoms with Crippen LogP contribution in [0.2, 0.25) is 0 Å². The van der Waals surface area contributed by atoms with Crippen molar-refractivity contribution in [3.05, 3.63) is 71.3 Å². The van der Waals surface area contributed by atoms with Crippen molar-refractivity contribution in [1.29, 1.82) is 5.26 Å². The molecule has 158 valence electrons. The minimum atomic E-state index is -1.04. The van der Waals surface area contributed by atoms with Gasteiger partial charge in [-0.15, -0.1) is 0 Å². The Morgan fingerprint density at radius 1 is 1.19 bits per heavy atom. The molecule has 0 bridgehead atoms. The number of benzene rings is 1. The highest BCUT2D eigenvalue weighted by atomic mass is 35.5. The number of rotatable bonds is 8. The van der Waals surface area contributed by atoms with E-state index < -0.39 is 5.92 Å². The third-order valence-corrected chi connectivity index (χ3v) is 4.96. The Balaban J connectivity index is 1.73. The first kappa shape index (κ1) is 22.1. The molecule has 1 aliphatic carbocycles. The molecule has 0 radical (unpaired) electrons. The van der Waals surface area contributed by atoms with E-state index in [4.69, 9.17) is 21.1 Å². The normalized spacial score (nSPS) is 13.9. The van der Waals surface area contributed by atoms with Gasteiger partial charge in [0, 0.05) is 5.56 Å². The van der Waals surface area contributed by atoms with Gasteiger partial charge in [-0.1, -0.05) is 23.8 Å². The summed E-state index contributed by atoms with van der Waals surface area (Å²) in [6, 6.07) is 7.39. The molecule has 1 aromatic carbocycles. The van der Waals surface area contributed by atoms with Crippen molar-refractivity contribution in [3.63, 3.8) is 0 Å². The number of ether oxygens (including phenoxy) is 2. The zero-order chi connectivity index (χ0) is 22.2. The van der Waals surface area contributed by atoms with Gasteiger partial charge >= 0.3 is 0 Å². The van der Waals surface area contributed by atoms with E-state index in [1.807, 2.05) is 30.4 Å². The molecule has 0 saturated carbocycles. The Morgan fingerprint density at radius 3 is 2.65 bits per heavy atom. The van der Waals surface area contributed by atoms with Crippen molar-refractivity contribution in [1.82, 2.24) is 15.3 Å². The van der Waals surface area contributed by atoms with Gasteiger partial charge in [-0.2, -0.15) is 5.26 Å². The smallest absolute Gasteiger partial charge is 0.175 e. The van der Waals surface area contributed by atoms with Crippen LogP contribution >= 0.6 is 11.6 Å². The lowest BCUT2D eigenvalue weighted by Crippen LogP contribution is -2.27. The molecule has 3 rings (SSSR count). The molecule has 0 amide bonds. The first-order chi connectivity index (χ1) is 15.1. The zero-order valence-corrected chi connectivity index (χ0v) is 17.9. The van der Waals surface area contributed by atoms with Crippen LogP contribution in [0.3, 0.4) is 0 Å². The highest BCUT2D eigenvalue weighted by Gasteiger charge is 2.22. The number of halogens is 1. The number of nitriles is 1. The van der Waals surface area contributed by atoms with E-state index in [0.29, 0.717) is 27.9 Å². The minimum Gasteiger partial charge on any atom is -0.493 e. The lowest BCUT2D eigenvalue weighted by atomic mass is 10.0. The van der Waals surface area contributed by atoms with Crippen molar-refractivity contribution in [3.8, 4) is 28.8 Å². The maximum atomic E-state index is 12.6. The van der Waals surface area contributed by atoms with Crippen molar-refractivity contribution in [2.24, 2.45) is 0 Å². The molecule has 0 spiro atoms. The van der Waals surface area contributed by atoms with E-state index >= 15 is 0 Å². The number of nitrogens with zero attached hydrogens (tertiary/aromatic N) is 3. The maximum Gasteiger partial charge on any atom is 0.175 e. The van der Waals surface area contributed by atoms with E-state index in [2.05, 4.69) is 15.3 Å². The molecule has 8 heteroatoms. The van der Waals surface area contributed by atoms with Gasteiger partial charge in [0.2, 0.25) is 0 Å². The summed E-state index contributed by atoms with van der Waals surface area (Å²) in [7, 11) is 3.12. The molecular weight excluding hydrogens is 416 g/mol. The van der Waals surface area contributed by atoms with Crippen molar-refractivity contribution in [2.75, 3.05) is 20.8 Å². The van der Waals surface area contributed by atoms with Crippen LogP contribution in [0.4, 0.5) is 0 Å². The van der Waals surface area contributed by atoms with Gasteiger partial charge in [0.15, 0.2) is 17.3 Å². The third-order valence-electron chi connectivity index (χ3n) is 4.63. The molecule has 1 aliphatic rings. The first-order valence-electron chi connectivity index (χ1n) is 9.50. The summed E-state index contributed by atoms with van der Waals surface area (Å²) in [6.07, 6.45) is 11.2. The average molecular weight is 437 g/mol. The first-order valence-corrected chi connectivity index (χ1v) is 9.88. The molecule has 31 heavy (non-hydrogen) atoms. The van der Waals surface area contributed by atoms with Gasteiger partial charge in [0.25, 0.3) is 0 Å². The molecule has 7 nitrogen and oxygen atoms in total. The van der Waals surface area contributed by atoms with Crippen LogP contribution in [-0.4, -0.2) is 36.5 Å². The third kappa shape index (κ3) is 5.30. The fraction of sp³-hybridized carbons (Fsp3) is 0.217. The summed E-state index contributed by atoms with van der Waals surface area (Å²) in [5.74, 6) is -0.191. The Bertz CT molecular complexity index is 1080. The summed E-state index contributed by atoms with van der Waals surface area (Å²) < 4.78 is 10.6. The number of allylic oxidation sites excluding steroid dienone is 5. The molecule has 1 aromatic heterocycles. The fourth-order valence-electron chi connectivity index (χ4n) is 2.97. The number of Topliss-reactive ketones (excluding diaryl/α,β-unsaturated/α-hetero) is 1. The average Bonchev–Trinajstić information content (AvgIpc) is 3.02. The van der Waals surface area contributed by atoms with Crippen molar-refractivity contribution < 1.29 is 14.3 Å². The minimum absolute atomic E-state index is 0.0545. The van der Waals surface area contributed by atoms with E-state index in [-0.39, 0.29) is 18.0 Å². The van der Waals surface area contributed by atoms with Crippen LogP contribution in [0.25, 0.3) is 11.3 Å². The van der Waals surface area contributed by atoms with Gasteiger partial charge in [-0.25, -0.2) is 0 Å². The lowest BCUT2D eigenvalue weighted by Gasteiger charge is -2.12. The number of methoxy groups -OCH3 is 2. The van der Waals surface area contributed by atoms with E-state index in [1.165, 1.54) is 12.4 Å². The summed E-state index contributed by atoms with van der Waals surface area (Å²) in [4.78, 5) is 21.3. The standard InChI is InChI=1S/C23H21ClN4O3/c1-30-22-9-8-15(10-23(22)31-2)19-12-27-20(13-26-19)16(11-25)21(29)14-28-18-7-5-3-4-6-17(18)24/h4-10,12-13,16,28H,3,14H2,1-2H3. The highest BCUT2D eigenvalue weighted by molar-refractivity contribution is 6.31. The highest BCUT2D eigenvalue weighted by Crippen LogP contribution is 2.31. The molecule has 0 saturated heterocycles. The number of ketones is 1. The second-order valence-corrected chi connectivity index (χ2v) is 6.99. The predicted octanol–water partition coefficient (Wildman–Crippen LogP) is 3.89. The number of carbonyl (C=O) groups is 1. The van der Waals surface area contributed by atoms with Gasteiger partial charge in [-0.05, 0) is 36.8 Å². The Morgan fingerprint density at radius 2 is 1.97 bits per heavy atom. The van der Waals surface area contributed by atoms with Crippen LogP contribution in [0.5, 0.6) is 11.5 Å². The van der Waals surface area contributed by atoms with Gasteiger partial charge in [0.05, 0.1) is 61.3 Å². The number of aromatic nitrogens is 2. The number of nitrogens with one attached hydrogen (secondary N) is 1. The molecular formula is C23H21ClN4O3. The van der Waals surface area contributed by atoms with Gasteiger partial charge < -0.3 is 14.8 Å². The molecule has 0 fully saturated rings. The Hall–Kier alpha value is -3.63. The quantitative estimate of drug-likeness (QED) is 0.670. The van der Waals surface area contributed by atoms with Crippen LogP contribution in [0, 0.1) is 11.3 Å². The summed E-state index contributed by atoms with van der Waals surface area (Å²) in [5, 5.41) is 13.0. The van der Waals surface area contributed by atoms with Crippen molar-refractivity contribution >= 4 is 17.4 Å². The Kier molecular flexibility index (Phi) is 7.41. The second kappa shape index (κ2) is 10.4. The summed E-state index contributed by atoms with van der Waals surface area (Å²) >= 11 is 6.18. The SMILES string of the molecule is COc1ccc(-c2cnc(C(C#N)C(=O)CNC3=C(Cl)C=CCC=C3)cn2)cc1OC. The monoisotopic (exact) mass is 436 g/mol. The molecule has 1 unspecified atom stereocenters. The lowest BCUT2D eigenvalue weighted by molar-refractivity contribution is -0.118. The zero-order valence-electron chi connectivity index (χ0n) is 17.1. The van der Waals surface area contributed by atoms with E-state index in [0.717, 1.165) is 12.0 Å². The van der Waals surface area contributed by atoms with E-state index in [1.54, 1.807) is 32.4 Å². The Labute approximate surface area is 185 Å². The van der Waals surface area contributed by atoms with E-state index in [9.17, 15) is 10.1 Å². The van der Waals surface area contributed by atoms with Crippen LogP contribution < -0.4 is 14.8 Å². The number of hydrogen-bond acceptors (Lipinski definition) is 7. The van der Waals surface area contributed by atoms with Gasteiger partial charge in [0.1, 0.15) is 5.92 Å². The molecule has 1 heterocycles. The molecule has 0 aliphatic heterocycles. The summed E-state index contributed by atoms with van der Waals surface area (Å²) in [6.45, 7) is -0.0545. The summed E-state index contributed by atoms with van der Waals surface area (Å²) in [5.41, 5.74) is 2.28. The fourth-order valence-corrected chi connectivity index (χ4v) is 3.19. The second-order valence-electron chi connectivity index (χ2n) is 6.58. The topological polar surface area (TPSA) is 97.1 Å². The number of hydrogen-bond donors (Lipinski definition) is 1. The predicted molar refractivity (Wildman–Crippen MR) is 118 cm³/mol. The van der Waals surface area contributed by atoms with Crippen molar-refractivity contribution in [2.45, 2.75) is 12.3 Å². The molecule has 2 aromatic rings. The molecule has 1 atom stereocenters. The largest absolute Gasteiger partial charge is 0.493 e.